The summed E-state index contributed by atoms with van der Waals surface area (Å²) in [6.07, 6.45) is -0.0278. The van der Waals surface area contributed by atoms with Crippen LogP contribution < -0.4 is 5.32 Å². The molecular formula is C10H20N2O4. The molecule has 1 atom stereocenters. The molecule has 0 bridgehead atoms. The summed E-state index contributed by atoms with van der Waals surface area (Å²) in [5.41, 5.74) is -1.30. The Morgan fingerprint density at radius 3 is 2.31 bits per heavy atom. The molecule has 16 heavy (non-hydrogen) atoms. The summed E-state index contributed by atoms with van der Waals surface area (Å²) in [6, 6.07) is -0.465. The molecule has 0 heterocycles. The van der Waals surface area contributed by atoms with Crippen LogP contribution in [0, 0.1) is 0 Å². The lowest BCUT2D eigenvalue weighted by Crippen LogP contribution is -2.53. The average molecular weight is 232 g/mol. The van der Waals surface area contributed by atoms with Gasteiger partial charge < -0.3 is 20.4 Å². The van der Waals surface area contributed by atoms with Crippen LogP contribution >= 0.6 is 0 Å². The first-order chi connectivity index (χ1) is 7.16. The monoisotopic (exact) mass is 232 g/mol. The number of carbonyl (C=O) groups is 2. The van der Waals surface area contributed by atoms with Crippen molar-refractivity contribution in [2.75, 3.05) is 13.6 Å². The molecule has 6 heteroatoms. The fourth-order valence-electron chi connectivity index (χ4n) is 0.898. The molecule has 2 amide bonds. The van der Waals surface area contributed by atoms with Crippen LogP contribution in [0.15, 0.2) is 0 Å². The molecule has 1 unspecified atom stereocenters. The Morgan fingerprint density at radius 1 is 1.44 bits per heavy atom. The number of carbonyl (C=O) groups excluding carboxylic acids is 1. The second-order valence-electron chi connectivity index (χ2n) is 4.42. The molecule has 0 aliphatic heterocycles. The maximum absolute atomic E-state index is 11.5. The van der Waals surface area contributed by atoms with Gasteiger partial charge in [-0.15, -0.1) is 0 Å². The summed E-state index contributed by atoms with van der Waals surface area (Å²) in [6.45, 7) is 4.83. The van der Waals surface area contributed by atoms with Crippen LogP contribution in [-0.2, 0) is 4.79 Å². The zero-order valence-electron chi connectivity index (χ0n) is 10.1. The van der Waals surface area contributed by atoms with Crippen LogP contribution in [-0.4, -0.2) is 52.3 Å². The van der Waals surface area contributed by atoms with Crippen molar-refractivity contribution in [3.63, 3.8) is 0 Å². The van der Waals surface area contributed by atoms with Gasteiger partial charge in [-0.25, -0.2) is 9.59 Å². The van der Waals surface area contributed by atoms with Gasteiger partial charge in [-0.3, -0.25) is 0 Å². The number of carboxylic acid groups (broad SMARTS) is 1. The SMILES string of the molecule is CC(O)CCN(C)C(=O)NC(C)(C)C(=O)O. The van der Waals surface area contributed by atoms with Crippen molar-refractivity contribution in [2.45, 2.75) is 38.8 Å². The standard InChI is InChI=1S/C10H20N2O4/c1-7(13)5-6-12(4)9(16)11-10(2,3)8(14)15/h7,13H,5-6H2,1-4H3,(H,11,16)(H,14,15). The molecule has 0 aromatic carbocycles. The zero-order chi connectivity index (χ0) is 12.9. The van der Waals surface area contributed by atoms with Crippen LogP contribution in [0.1, 0.15) is 27.2 Å². The molecular weight excluding hydrogens is 212 g/mol. The summed E-state index contributed by atoms with van der Waals surface area (Å²) in [4.78, 5) is 23.7. The van der Waals surface area contributed by atoms with E-state index in [1.807, 2.05) is 0 Å². The molecule has 6 nitrogen and oxygen atoms in total. The second kappa shape index (κ2) is 5.69. The van der Waals surface area contributed by atoms with Gasteiger partial charge in [0.2, 0.25) is 0 Å². The lowest BCUT2D eigenvalue weighted by Gasteiger charge is -2.25. The molecule has 94 valence electrons. The average Bonchev–Trinajstić information content (AvgIpc) is 2.12. The van der Waals surface area contributed by atoms with Crippen molar-refractivity contribution >= 4 is 12.0 Å². The highest BCUT2D eigenvalue weighted by Crippen LogP contribution is 2.03. The van der Waals surface area contributed by atoms with Crippen molar-refractivity contribution < 1.29 is 19.8 Å². The van der Waals surface area contributed by atoms with Crippen LogP contribution in [0.2, 0.25) is 0 Å². The number of hydrogen-bond donors (Lipinski definition) is 3. The molecule has 0 aliphatic rings. The highest BCUT2D eigenvalue weighted by atomic mass is 16.4. The maximum atomic E-state index is 11.5. The largest absolute Gasteiger partial charge is 0.480 e. The molecule has 0 saturated heterocycles. The van der Waals surface area contributed by atoms with Gasteiger partial charge in [-0.2, -0.15) is 0 Å². The highest BCUT2D eigenvalue weighted by molar-refractivity contribution is 5.85. The van der Waals surface area contributed by atoms with E-state index >= 15 is 0 Å². The lowest BCUT2D eigenvalue weighted by molar-refractivity contribution is -0.143. The maximum Gasteiger partial charge on any atom is 0.328 e. The second-order valence-corrected chi connectivity index (χ2v) is 4.42. The number of amides is 2. The first-order valence-corrected chi connectivity index (χ1v) is 5.11. The van der Waals surface area contributed by atoms with Crippen molar-refractivity contribution in [3.8, 4) is 0 Å². The van der Waals surface area contributed by atoms with Crippen molar-refractivity contribution in [1.82, 2.24) is 10.2 Å². The Hall–Kier alpha value is -1.30. The first kappa shape index (κ1) is 14.7. The lowest BCUT2D eigenvalue weighted by atomic mass is 10.1. The van der Waals surface area contributed by atoms with Gasteiger partial charge in [0.1, 0.15) is 5.54 Å². The Morgan fingerprint density at radius 2 is 1.94 bits per heavy atom. The van der Waals surface area contributed by atoms with E-state index in [2.05, 4.69) is 5.32 Å². The van der Waals surface area contributed by atoms with Gasteiger partial charge in [-0.1, -0.05) is 0 Å². The molecule has 0 rings (SSSR count). The van der Waals surface area contributed by atoms with Crippen molar-refractivity contribution in [1.29, 1.82) is 0 Å². The summed E-state index contributed by atoms with van der Waals surface area (Å²) in [7, 11) is 1.55. The summed E-state index contributed by atoms with van der Waals surface area (Å²) >= 11 is 0. The third-order valence-corrected chi connectivity index (χ3v) is 2.18. The Balaban J connectivity index is 4.20. The third-order valence-electron chi connectivity index (χ3n) is 2.18. The topological polar surface area (TPSA) is 89.9 Å². The molecule has 3 N–H and O–H groups in total. The molecule has 0 aromatic heterocycles. The predicted molar refractivity (Wildman–Crippen MR) is 59.2 cm³/mol. The number of nitrogens with zero attached hydrogens (tertiary/aromatic N) is 1. The van der Waals surface area contributed by atoms with Crippen LogP contribution in [0.25, 0.3) is 0 Å². The van der Waals surface area contributed by atoms with Gasteiger partial charge in [-0.05, 0) is 27.2 Å². The molecule has 0 saturated carbocycles. The fraction of sp³-hybridized carbons (Fsp3) is 0.800. The van der Waals surface area contributed by atoms with E-state index in [4.69, 9.17) is 10.2 Å². The number of aliphatic hydroxyl groups excluding tert-OH is 1. The molecule has 0 radical (unpaired) electrons. The summed E-state index contributed by atoms with van der Waals surface area (Å²) in [5.74, 6) is -1.09. The minimum Gasteiger partial charge on any atom is -0.480 e. The number of carboxylic acids is 1. The van der Waals surface area contributed by atoms with E-state index in [1.54, 1.807) is 14.0 Å². The van der Waals surface area contributed by atoms with Gasteiger partial charge in [0.25, 0.3) is 0 Å². The summed E-state index contributed by atoms with van der Waals surface area (Å²) < 4.78 is 0. The minimum absolute atomic E-state index is 0.374. The highest BCUT2D eigenvalue weighted by Gasteiger charge is 2.29. The number of rotatable bonds is 5. The van der Waals surface area contributed by atoms with E-state index in [0.29, 0.717) is 13.0 Å². The summed E-state index contributed by atoms with van der Waals surface area (Å²) in [5, 5.41) is 20.3. The van der Waals surface area contributed by atoms with Gasteiger partial charge >= 0.3 is 12.0 Å². The smallest absolute Gasteiger partial charge is 0.328 e. The number of hydrogen-bond acceptors (Lipinski definition) is 3. The predicted octanol–water partition coefficient (Wildman–Crippen LogP) is 0.262. The van der Waals surface area contributed by atoms with Crippen LogP contribution in [0.3, 0.4) is 0 Å². The van der Waals surface area contributed by atoms with Gasteiger partial charge in [0.05, 0.1) is 6.10 Å². The molecule has 0 spiro atoms. The Labute approximate surface area is 95.2 Å². The minimum atomic E-state index is -1.30. The zero-order valence-corrected chi connectivity index (χ0v) is 10.1. The van der Waals surface area contributed by atoms with E-state index in [0.717, 1.165) is 0 Å². The Bertz CT molecular complexity index is 264. The van der Waals surface area contributed by atoms with Crippen LogP contribution in [0.5, 0.6) is 0 Å². The number of urea groups is 1. The van der Waals surface area contributed by atoms with Crippen molar-refractivity contribution in [2.24, 2.45) is 0 Å². The first-order valence-electron chi connectivity index (χ1n) is 5.11. The fourth-order valence-corrected chi connectivity index (χ4v) is 0.898. The molecule has 0 fully saturated rings. The van der Waals surface area contributed by atoms with Crippen LogP contribution in [0.4, 0.5) is 4.79 Å². The van der Waals surface area contributed by atoms with E-state index in [-0.39, 0.29) is 0 Å². The Kier molecular flexibility index (Phi) is 5.23. The quantitative estimate of drug-likeness (QED) is 0.634. The third kappa shape index (κ3) is 4.97. The number of aliphatic hydroxyl groups is 1. The number of aliphatic carboxylic acids is 1. The molecule has 0 aliphatic carbocycles. The van der Waals surface area contributed by atoms with Gasteiger partial charge in [0, 0.05) is 13.6 Å². The number of nitrogens with one attached hydrogen (secondary N) is 1. The van der Waals surface area contributed by atoms with E-state index in [1.165, 1.54) is 18.7 Å². The van der Waals surface area contributed by atoms with E-state index in [9.17, 15) is 9.59 Å². The van der Waals surface area contributed by atoms with Crippen molar-refractivity contribution in [3.05, 3.63) is 0 Å². The molecule has 0 aromatic rings. The normalized spacial score (nSPS) is 13.1. The van der Waals surface area contributed by atoms with E-state index < -0.39 is 23.6 Å². The van der Waals surface area contributed by atoms with Gasteiger partial charge in [0.15, 0.2) is 0 Å².